The molecule has 0 aliphatic rings. The molecule has 0 spiro atoms. The van der Waals surface area contributed by atoms with Crippen molar-refractivity contribution in [3.05, 3.63) is 52.3 Å². The maximum Gasteiger partial charge on any atom is 0.187 e. The van der Waals surface area contributed by atoms with Crippen molar-refractivity contribution in [3.63, 3.8) is 0 Å². The minimum absolute atomic E-state index is 0.0771. The predicted octanol–water partition coefficient (Wildman–Crippen LogP) is 3.65. The van der Waals surface area contributed by atoms with Crippen molar-refractivity contribution in [2.75, 3.05) is 0 Å². The number of rotatable bonds is 4. The Labute approximate surface area is 115 Å². The Morgan fingerprint density at radius 3 is 2.56 bits per heavy atom. The van der Waals surface area contributed by atoms with Gasteiger partial charge in [0, 0.05) is 11.8 Å². The number of halogens is 1. The summed E-state index contributed by atoms with van der Waals surface area (Å²) in [5, 5.41) is 4.14. The molecule has 0 saturated heterocycles. The average Bonchev–Trinajstić information content (AvgIpc) is 2.84. The van der Waals surface area contributed by atoms with Crippen LogP contribution >= 0.6 is 15.9 Å². The van der Waals surface area contributed by atoms with E-state index in [0.29, 0.717) is 0 Å². The molecule has 1 heterocycles. The summed E-state index contributed by atoms with van der Waals surface area (Å²) >= 11 is 3.33. The highest BCUT2D eigenvalue weighted by Crippen LogP contribution is 2.17. The molecule has 0 amide bonds. The van der Waals surface area contributed by atoms with Crippen LogP contribution in [0.5, 0.6) is 0 Å². The van der Waals surface area contributed by atoms with E-state index in [1.54, 1.807) is 10.9 Å². The molecule has 0 N–H and O–H groups in total. The number of ketones is 1. The normalized spacial score (nSPS) is 12.4. The number of benzene rings is 1. The zero-order valence-corrected chi connectivity index (χ0v) is 12.0. The fourth-order valence-corrected chi connectivity index (χ4v) is 2.09. The number of nitrogens with zero attached hydrogens (tertiary/aromatic N) is 2. The summed E-state index contributed by atoms with van der Waals surface area (Å²) in [6.07, 6.45) is 4.48. The monoisotopic (exact) mass is 306 g/mol. The van der Waals surface area contributed by atoms with Gasteiger partial charge in [-0.3, -0.25) is 9.48 Å². The first-order valence-corrected chi connectivity index (χ1v) is 6.74. The largest absolute Gasteiger partial charge is 0.292 e. The third-order valence-corrected chi connectivity index (χ3v) is 3.40. The summed E-state index contributed by atoms with van der Waals surface area (Å²) in [6, 6.07) is 7.48. The highest BCUT2D eigenvalue weighted by molar-refractivity contribution is 9.10. The van der Waals surface area contributed by atoms with E-state index in [1.165, 1.54) is 5.56 Å². The topological polar surface area (TPSA) is 34.9 Å². The van der Waals surface area contributed by atoms with Gasteiger partial charge in [-0.1, -0.05) is 31.2 Å². The maximum absolute atomic E-state index is 12.3. The second-order valence-electron chi connectivity index (χ2n) is 4.23. The van der Waals surface area contributed by atoms with Gasteiger partial charge in [0.05, 0.1) is 10.7 Å². The van der Waals surface area contributed by atoms with Crippen LogP contribution in [0.4, 0.5) is 0 Å². The lowest BCUT2D eigenvalue weighted by Crippen LogP contribution is -2.17. The fraction of sp³-hybridized carbons (Fsp3) is 0.286. The van der Waals surface area contributed by atoms with Crippen LogP contribution in [0.25, 0.3) is 0 Å². The number of hydrogen-bond donors (Lipinski definition) is 0. The van der Waals surface area contributed by atoms with Crippen LogP contribution in [0.2, 0.25) is 0 Å². The molecule has 4 heteroatoms. The Morgan fingerprint density at radius 2 is 2.06 bits per heavy atom. The van der Waals surface area contributed by atoms with Crippen LogP contribution in [0.15, 0.2) is 41.1 Å². The first kappa shape index (κ1) is 13.0. The molecule has 0 aliphatic heterocycles. The Balaban J connectivity index is 2.19. The molecular formula is C14H15BrN2O. The standard InChI is InChI=1S/C14H15BrN2O/c1-3-11-4-6-12(7-5-11)14(18)10(2)17-9-13(15)8-16-17/h4-10H,3H2,1-2H3. The van der Waals surface area contributed by atoms with Gasteiger partial charge in [0.15, 0.2) is 5.78 Å². The lowest BCUT2D eigenvalue weighted by molar-refractivity contribution is 0.0928. The fourth-order valence-electron chi connectivity index (χ4n) is 1.79. The van der Waals surface area contributed by atoms with Gasteiger partial charge in [0.25, 0.3) is 0 Å². The summed E-state index contributed by atoms with van der Waals surface area (Å²) in [7, 11) is 0. The second kappa shape index (κ2) is 5.48. The third-order valence-electron chi connectivity index (χ3n) is 2.99. The van der Waals surface area contributed by atoms with Crippen LogP contribution < -0.4 is 0 Å². The molecule has 94 valence electrons. The Hall–Kier alpha value is -1.42. The van der Waals surface area contributed by atoms with Gasteiger partial charge in [-0.2, -0.15) is 5.10 Å². The molecule has 0 aliphatic carbocycles. The van der Waals surface area contributed by atoms with Gasteiger partial charge < -0.3 is 0 Å². The molecule has 1 atom stereocenters. The van der Waals surface area contributed by atoms with Crippen LogP contribution in [-0.4, -0.2) is 15.6 Å². The quantitative estimate of drug-likeness (QED) is 0.808. The first-order valence-electron chi connectivity index (χ1n) is 5.94. The zero-order chi connectivity index (χ0) is 13.1. The van der Waals surface area contributed by atoms with E-state index in [0.717, 1.165) is 16.5 Å². The van der Waals surface area contributed by atoms with E-state index >= 15 is 0 Å². The minimum atomic E-state index is -0.288. The highest BCUT2D eigenvalue weighted by atomic mass is 79.9. The van der Waals surface area contributed by atoms with E-state index in [4.69, 9.17) is 0 Å². The van der Waals surface area contributed by atoms with E-state index in [1.807, 2.05) is 37.4 Å². The van der Waals surface area contributed by atoms with Gasteiger partial charge >= 0.3 is 0 Å². The molecular weight excluding hydrogens is 292 g/mol. The molecule has 0 fully saturated rings. The van der Waals surface area contributed by atoms with Gasteiger partial charge in [-0.25, -0.2) is 0 Å². The highest BCUT2D eigenvalue weighted by Gasteiger charge is 2.17. The molecule has 1 aromatic heterocycles. The summed E-state index contributed by atoms with van der Waals surface area (Å²) in [4.78, 5) is 12.3. The summed E-state index contributed by atoms with van der Waals surface area (Å²) in [6.45, 7) is 3.95. The van der Waals surface area contributed by atoms with E-state index in [9.17, 15) is 4.79 Å². The second-order valence-corrected chi connectivity index (χ2v) is 5.14. The van der Waals surface area contributed by atoms with Gasteiger partial charge in [-0.05, 0) is 34.8 Å². The van der Waals surface area contributed by atoms with Gasteiger partial charge in [0.2, 0.25) is 0 Å². The molecule has 0 radical (unpaired) electrons. The lowest BCUT2D eigenvalue weighted by Gasteiger charge is -2.11. The number of Topliss-reactive ketones (excluding diaryl/α,β-unsaturated/α-hetero) is 1. The Morgan fingerprint density at radius 1 is 1.39 bits per heavy atom. The van der Waals surface area contributed by atoms with Crippen LogP contribution in [-0.2, 0) is 6.42 Å². The summed E-state index contributed by atoms with van der Waals surface area (Å²) in [5.41, 5.74) is 1.97. The molecule has 18 heavy (non-hydrogen) atoms. The smallest absolute Gasteiger partial charge is 0.187 e. The molecule has 3 nitrogen and oxygen atoms in total. The number of carbonyl (C=O) groups excluding carboxylic acids is 1. The van der Waals surface area contributed by atoms with Crippen LogP contribution in [0.3, 0.4) is 0 Å². The average molecular weight is 307 g/mol. The summed E-state index contributed by atoms with van der Waals surface area (Å²) in [5.74, 6) is 0.0771. The van der Waals surface area contributed by atoms with Crippen LogP contribution in [0.1, 0.15) is 35.8 Å². The number of hydrogen-bond acceptors (Lipinski definition) is 2. The van der Waals surface area contributed by atoms with Crippen molar-refractivity contribution >= 4 is 21.7 Å². The molecule has 0 saturated carbocycles. The van der Waals surface area contributed by atoms with Crippen molar-refractivity contribution < 1.29 is 4.79 Å². The van der Waals surface area contributed by atoms with Crippen LogP contribution in [0, 0.1) is 0 Å². The van der Waals surface area contributed by atoms with Crippen molar-refractivity contribution in [2.24, 2.45) is 0 Å². The molecule has 2 aromatic rings. The summed E-state index contributed by atoms with van der Waals surface area (Å²) < 4.78 is 2.55. The number of carbonyl (C=O) groups is 1. The Bertz CT molecular complexity index is 545. The van der Waals surface area contributed by atoms with Gasteiger partial charge in [-0.15, -0.1) is 0 Å². The molecule has 0 bridgehead atoms. The van der Waals surface area contributed by atoms with Crippen molar-refractivity contribution in [1.29, 1.82) is 0 Å². The SMILES string of the molecule is CCc1ccc(C(=O)C(C)n2cc(Br)cn2)cc1. The van der Waals surface area contributed by atoms with Crippen molar-refractivity contribution in [2.45, 2.75) is 26.3 Å². The van der Waals surface area contributed by atoms with E-state index in [2.05, 4.69) is 28.0 Å². The lowest BCUT2D eigenvalue weighted by atomic mass is 10.0. The van der Waals surface area contributed by atoms with E-state index < -0.39 is 0 Å². The number of aromatic nitrogens is 2. The predicted molar refractivity (Wildman–Crippen MR) is 74.8 cm³/mol. The van der Waals surface area contributed by atoms with Crippen molar-refractivity contribution in [1.82, 2.24) is 9.78 Å². The minimum Gasteiger partial charge on any atom is -0.292 e. The van der Waals surface area contributed by atoms with E-state index in [-0.39, 0.29) is 11.8 Å². The molecule has 1 unspecified atom stereocenters. The zero-order valence-electron chi connectivity index (χ0n) is 10.4. The Kier molecular flexibility index (Phi) is 3.97. The maximum atomic E-state index is 12.3. The van der Waals surface area contributed by atoms with Crippen molar-refractivity contribution in [3.8, 4) is 0 Å². The van der Waals surface area contributed by atoms with Gasteiger partial charge in [0.1, 0.15) is 6.04 Å². The first-order chi connectivity index (χ1) is 8.61. The molecule has 2 rings (SSSR count). The molecule has 1 aromatic carbocycles. The number of aryl methyl sites for hydroxylation is 1. The third kappa shape index (κ3) is 2.70.